The van der Waals surface area contributed by atoms with Crippen molar-refractivity contribution in [3.05, 3.63) is 17.3 Å². The van der Waals surface area contributed by atoms with E-state index >= 15 is 0 Å². The quantitative estimate of drug-likeness (QED) is 0.831. The lowest BCUT2D eigenvalue weighted by molar-refractivity contribution is 0.688. The number of hydrogen-bond donors (Lipinski definition) is 1. The second-order valence-electron chi connectivity index (χ2n) is 3.52. The van der Waals surface area contributed by atoms with E-state index in [4.69, 9.17) is 5.73 Å². The molecule has 2 aromatic heterocycles. The van der Waals surface area contributed by atoms with Crippen molar-refractivity contribution in [1.82, 2.24) is 4.98 Å². The second-order valence-corrected chi connectivity index (χ2v) is 6.09. The highest BCUT2D eigenvalue weighted by Crippen LogP contribution is 2.36. The number of thiophene rings is 1. The van der Waals surface area contributed by atoms with Crippen molar-refractivity contribution in [3.63, 3.8) is 0 Å². The first-order chi connectivity index (χ1) is 7.00. The van der Waals surface area contributed by atoms with E-state index in [0.717, 1.165) is 25.7 Å². The molecule has 2 rings (SSSR count). The first-order valence-electron chi connectivity index (χ1n) is 4.50. The Bertz CT molecular complexity index is 560. The molecule has 3 nitrogen and oxygen atoms in total. The molecule has 0 spiro atoms. The third-order valence-corrected chi connectivity index (χ3v) is 4.84. The fourth-order valence-corrected chi connectivity index (χ4v) is 3.73. The maximum absolute atomic E-state index is 11.4. The van der Waals surface area contributed by atoms with Crippen LogP contribution >= 0.6 is 11.3 Å². The van der Waals surface area contributed by atoms with Gasteiger partial charge in [-0.15, -0.1) is 11.3 Å². The molecule has 2 aromatic rings. The normalized spacial score (nSPS) is 13.3. The number of anilines is 1. The van der Waals surface area contributed by atoms with Gasteiger partial charge < -0.3 is 5.73 Å². The van der Waals surface area contributed by atoms with E-state index in [1.165, 1.54) is 11.3 Å². The van der Waals surface area contributed by atoms with Gasteiger partial charge in [-0.25, -0.2) is 4.98 Å². The van der Waals surface area contributed by atoms with Crippen LogP contribution in [0.1, 0.15) is 11.3 Å². The van der Waals surface area contributed by atoms with Crippen LogP contribution in [0.5, 0.6) is 0 Å². The molecule has 1 unspecified atom stereocenters. The Morgan fingerprint density at radius 3 is 2.73 bits per heavy atom. The zero-order valence-electron chi connectivity index (χ0n) is 8.83. The Morgan fingerprint density at radius 2 is 2.13 bits per heavy atom. The smallest absolute Gasteiger partial charge is 0.127 e. The summed E-state index contributed by atoms with van der Waals surface area (Å²) < 4.78 is 12.2. The first-order valence-corrected chi connectivity index (χ1v) is 6.88. The molecule has 0 fully saturated rings. The fourth-order valence-electron chi connectivity index (χ4n) is 1.66. The van der Waals surface area contributed by atoms with Crippen LogP contribution in [0, 0.1) is 13.8 Å². The molecule has 0 aliphatic carbocycles. The van der Waals surface area contributed by atoms with Crippen molar-refractivity contribution in [2.45, 2.75) is 18.1 Å². The summed E-state index contributed by atoms with van der Waals surface area (Å²) in [5.41, 5.74) is 8.66. The lowest BCUT2D eigenvalue weighted by Gasteiger charge is -1.99. The number of aromatic nitrogens is 1. The number of aryl methyl sites for hydroxylation is 2. The molecule has 2 heterocycles. The Labute approximate surface area is 94.8 Å². The molecular formula is C10H12N2OS2. The topological polar surface area (TPSA) is 56.0 Å². The van der Waals surface area contributed by atoms with Gasteiger partial charge in [0.1, 0.15) is 9.04 Å². The summed E-state index contributed by atoms with van der Waals surface area (Å²) >= 11 is 1.42. The Kier molecular flexibility index (Phi) is 2.52. The number of fused-ring (bicyclic) bond motifs is 1. The molecule has 0 aliphatic heterocycles. The van der Waals surface area contributed by atoms with E-state index < -0.39 is 10.8 Å². The van der Waals surface area contributed by atoms with E-state index in [1.807, 2.05) is 19.9 Å². The largest absolute Gasteiger partial charge is 0.396 e. The van der Waals surface area contributed by atoms with Crippen LogP contribution in [-0.4, -0.2) is 15.4 Å². The van der Waals surface area contributed by atoms with E-state index in [9.17, 15) is 4.21 Å². The molecule has 0 saturated carbocycles. The molecule has 0 bridgehead atoms. The summed E-state index contributed by atoms with van der Waals surface area (Å²) in [6, 6.07) is 1.99. The average Bonchev–Trinajstić information content (AvgIpc) is 2.42. The van der Waals surface area contributed by atoms with Crippen molar-refractivity contribution < 1.29 is 4.21 Å². The van der Waals surface area contributed by atoms with Crippen LogP contribution < -0.4 is 5.73 Å². The molecular weight excluding hydrogens is 228 g/mol. The maximum atomic E-state index is 11.4. The average molecular weight is 240 g/mol. The van der Waals surface area contributed by atoms with Crippen LogP contribution in [0.4, 0.5) is 5.69 Å². The van der Waals surface area contributed by atoms with Gasteiger partial charge in [-0.05, 0) is 25.5 Å². The van der Waals surface area contributed by atoms with E-state index in [-0.39, 0.29) is 0 Å². The Morgan fingerprint density at radius 1 is 1.47 bits per heavy atom. The molecule has 0 radical (unpaired) electrons. The van der Waals surface area contributed by atoms with Gasteiger partial charge in [0.15, 0.2) is 0 Å². The molecule has 2 N–H and O–H groups in total. The van der Waals surface area contributed by atoms with Crippen LogP contribution in [0.25, 0.3) is 10.2 Å². The van der Waals surface area contributed by atoms with Crippen LogP contribution in [0.3, 0.4) is 0 Å². The van der Waals surface area contributed by atoms with Gasteiger partial charge in [-0.1, -0.05) is 0 Å². The minimum atomic E-state index is -1.03. The number of nitrogens with zero attached hydrogens (tertiary/aromatic N) is 1. The Hall–Kier alpha value is -0.940. The molecule has 5 heteroatoms. The van der Waals surface area contributed by atoms with Crippen molar-refractivity contribution in [2.24, 2.45) is 0 Å². The van der Waals surface area contributed by atoms with Gasteiger partial charge in [-0.2, -0.15) is 0 Å². The van der Waals surface area contributed by atoms with E-state index in [2.05, 4.69) is 4.98 Å². The van der Waals surface area contributed by atoms with E-state index in [1.54, 1.807) is 6.26 Å². The number of hydrogen-bond acceptors (Lipinski definition) is 4. The zero-order valence-corrected chi connectivity index (χ0v) is 10.5. The standard InChI is InChI=1S/C10H12N2OS2/c1-5-4-6(2)12-9-7(5)8(11)10(14-9)15(3)13/h4H,11H2,1-3H3. The first kappa shape index (κ1) is 10.6. The summed E-state index contributed by atoms with van der Waals surface area (Å²) in [7, 11) is -1.03. The molecule has 80 valence electrons. The molecule has 15 heavy (non-hydrogen) atoms. The van der Waals surface area contributed by atoms with E-state index in [0.29, 0.717) is 5.69 Å². The predicted molar refractivity (Wildman–Crippen MR) is 65.8 cm³/mol. The van der Waals surface area contributed by atoms with Crippen molar-refractivity contribution in [2.75, 3.05) is 12.0 Å². The van der Waals surface area contributed by atoms with Gasteiger partial charge in [0.2, 0.25) is 0 Å². The van der Waals surface area contributed by atoms with Crippen LogP contribution in [0.2, 0.25) is 0 Å². The van der Waals surface area contributed by atoms with Gasteiger partial charge in [-0.3, -0.25) is 4.21 Å². The number of pyridine rings is 1. The SMILES string of the molecule is Cc1cc(C)c2c(N)c(S(C)=O)sc2n1. The minimum absolute atomic E-state index is 0.626. The minimum Gasteiger partial charge on any atom is -0.396 e. The number of nitrogens with two attached hydrogens (primary N) is 1. The summed E-state index contributed by atoms with van der Waals surface area (Å²) in [4.78, 5) is 5.29. The monoisotopic (exact) mass is 240 g/mol. The lowest BCUT2D eigenvalue weighted by atomic mass is 10.2. The molecule has 0 saturated heterocycles. The number of nitrogen functional groups attached to an aromatic ring is 1. The molecule has 0 aromatic carbocycles. The lowest BCUT2D eigenvalue weighted by Crippen LogP contribution is -1.92. The summed E-state index contributed by atoms with van der Waals surface area (Å²) in [6.07, 6.45) is 1.64. The van der Waals surface area contributed by atoms with Gasteiger partial charge in [0.05, 0.1) is 16.5 Å². The van der Waals surface area contributed by atoms with Crippen molar-refractivity contribution in [1.29, 1.82) is 0 Å². The zero-order chi connectivity index (χ0) is 11.2. The summed E-state index contributed by atoms with van der Waals surface area (Å²) in [6.45, 7) is 3.95. The molecule has 1 atom stereocenters. The van der Waals surface area contributed by atoms with Crippen LogP contribution in [-0.2, 0) is 10.8 Å². The third-order valence-electron chi connectivity index (χ3n) is 2.25. The second kappa shape index (κ2) is 3.57. The van der Waals surface area contributed by atoms with Crippen molar-refractivity contribution >= 4 is 38.0 Å². The van der Waals surface area contributed by atoms with Crippen molar-refractivity contribution in [3.8, 4) is 0 Å². The fraction of sp³-hybridized carbons (Fsp3) is 0.300. The highest BCUT2D eigenvalue weighted by molar-refractivity contribution is 7.87. The summed E-state index contributed by atoms with van der Waals surface area (Å²) in [5.74, 6) is 0. The third kappa shape index (κ3) is 1.66. The Balaban J connectivity index is 2.88. The molecule has 0 amide bonds. The van der Waals surface area contributed by atoms with Gasteiger partial charge in [0.25, 0.3) is 0 Å². The predicted octanol–water partition coefficient (Wildman–Crippen LogP) is 2.23. The number of rotatable bonds is 1. The molecule has 0 aliphatic rings. The van der Waals surface area contributed by atoms with Gasteiger partial charge >= 0.3 is 0 Å². The maximum Gasteiger partial charge on any atom is 0.127 e. The highest BCUT2D eigenvalue weighted by atomic mass is 32.2. The van der Waals surface area contributed by atoms with Crippen LogP contribution in [0.15, 0.2) is 10.3 Å². The summed E-state index contributed by atoms with van der Waals surface area (Å²) in [5, 5.41) is 0.954. The van der Waals surface area contributed by atoms with Gasteiger partial charge in [0, 0.05) is 17.3 Å². The highest BCUT2D eigenvalue weighted by Gasteiger charge is 2.15.